The molecule has 0 saturated carbocycles. The molecule has 0 aliphatic rings. The van der Waals surface area contributed by atoms with Crippen molar-refractivity contribution in [1.82, 2.24) is 9.97 Å². The Morgan fingerprint density at radius 3 is 2.68 bits per heavy atom. The number of hydrogen-bond acceptors (Lipinski definition) is 4. The summed E-state index contributed by atoms with van der Waals surface area (Å²) in [7, 11) is 0. The Morgan fingerprint density at radius 2 is 1.93 bits per heavy atom. The predicted molar refractivity (Wildman–Crippen MR) is 108 cm³/mol. The van der Waals surface area contributed by atoms with Crippen LogP contribution in [0.2, 0.25) is 5.02 Å². The molecule has 1 unspecified atom stereocenters. The quantitative estimate of drug-likeness (QED) is 0.501. The van der Waals surface area contributed by atoms with E-state index in [1.807, 2.05) is 24.3 Å². The molecule has 2 heterocycles. The van der Waals surface area contributed by atoms with Crippen LogP contribution in [-0.4, -0.2) is 9.97 Å². The topological polar surface area (TPSA) is 61.6 Å². The summed E-state index contributed by atoms with van der Waals surface area (Å²) in [6, 6.07) is 20.5. The molecule has 0 spiro atoms. The average Bonchev–Trinajstić information content (AvgIpc) is 2.72. The fourth-order valence-electron chi connectivity index (χ4n) is 3.07. The molecule has 4 aromatic rings. The third-order valence-corrected chi connectivity index (χ3v) is 4.58. The number of nitrogens with zero attached hydrogens (tertiary/aromatic N) is 3. The van der Waals surface area contributed by atoms with E-state index in [-0.39, 0.29) is 5.82 Å². The number of benzene rings is 2. The summed E-state index contributed by atoms with van der Waals surface area (Å²) in [6.07, 6.45) is 1.68. The minimum absolute atomic E-state index is 0.334. The molecule has 136 valence electrons. The Morgan fingerprint density at radius 1 is 1.04 bits per heavy atom. The first-order chi connectivity index (χ1) is 13.6. The number of pyridine rings is 2. The molecule has 2 aromatic heterocycles. The van der Waals surface area contributed by atoms with E-state index in [0.29, 0.717) is 38.6 Å². The van der Waals surface area contributed by atoms with Crippen LogP contribution in [0.3, 0.4) is 0 Å². The van der Waals surface area contributed by atoms with E-state index in [9.17, 15) is 9.65 Å². The molecule has 0 fully saturated rings. The summed E-state index contributed by atoms with van der Waals surface area (Å²) >= 11 is 6.05. The average molecular weight is 389 g/mol. The third kappa shape index (κ3) is 3.64. The van der Waals surface area contributed by atoms with Gasteiger partial charge in [0.15, 0.2) is 0 Å². The van der Waals surface area contributed by atoms with Crippen molar-refractivity contribution in [2.24, 2.45) is 0 Å². The van der Waals surface area contributed by atoms with Crippen LogP contribution < -0.4 is 5.32 Å². The number of hydrogen-bond donors (Lipinski definition) is 1. The van der Waals surface area contributed by atoms with E-state index >= 15 is 0 Å². The van der Waals surface area contributed by atoms with Crippen LogP contribution in [0.25, 0.3) is 10.9 Å². The second kappa shape index (κ2) is 7.63. The maximum atomic E-state index is 13.8. The molecular formula is C22H14ClFN4. The van der Waals surface area contributed by atoms with Gasteiger partial charge in [0, 0.05) is 16.6 Å². The lowest BCUT2D eigenvalue weighted by Gasteiger charge is -2.20. The van der Waals surface area contributed by atoms with Gasteiger partial charge in [-0.2, -0.15) is 5.26 Å². The molecule has 0 bridgehead atoms. The van der Waals surface area contributed by atoms with Crippen molar-refractivity contribution in [3.63, 3.8) is 0 Å². The van der Waals surface area contributed by atoms with Gasteiger partial charge >= 0.3 is 0 Å². The number of aromatic nitrogens is 2. The molecule has 0 saturated heterocycles. The van der Waals surface area contributed by atoms with Crippen LogP contribution in [0.1, 0.15) is 22.9 Å². The molecule has 6 heteroatoms. The standard InChI is InChI=1S/C22H14ClFN4/c23-16-7-8-19-18(12-16)15(13-25)11-21(27-19)28-22(20-6-1-2-9-26-20)14-4-3-5-17(24)10-14/h1-12,22H,(H,27,28). The normalized spacial score (nSPS) is 11.8. The zero-order valence-corrected chi connectivity index (χ0v) is 15.4. The molecule has 2 aromatic carbocycles. The molecule has 0 aliphatic carbocycles. The van der Waals surface area contributed by atoms with E-state index < -0.39 is 6.04 Å². The lowest BCUT2D eigenvalue weighted by Crippen LogP contribution is -2.15. The minimum Gasteiger partial charge on any atom is -0.358 e. The van der Waals surface area contributed by atoms with Crippen LogP contribution in [0, 0.1) is 17.1 Å². The van der Waals surface area contributed by atoms with Gasteiger partial charge in [0.05, 0.1) is 28.9 Å². The van der Waals surface area contributed by atoms with Crippen molar-refractivity contribution in [3.05, 3.63) is 101 Å². The van der Waals surface area contributed by atoms with Gasteiger partial charge in [0.1, 0.15) is 11.6 Å². The number of anilines is 1. The van der Waals surface area contributed by atoms with E-state index in [4.69, 9.17) is 11.6 Å². The number of nitrogens with one attached hydrogen (secondary N) is 1. The van der Waals surface area contributed by atoms with Crippen LogP contribution in [0.4, 0.5) is 10.2 Å². The molecule has 0 amide bonds. The summed E-state index contributed by atoms with van der Waals surface area (Å²) in [5.41, 5.74) is 2.51. The zero-order valence-electron chi connectivity index (χ0n) is 14.6. The van der Waals surface area contributed by atoms with Gasteiger partial charge in [-0.05, 0) is 54.1 Å². The van der Waals surface area contributed by atoms with Crippen LogP contribution in [0.15, 0.2) is 72.9 Å². The summed E-state index contributed by atoms with van der Waals surface area (Å²) in [6.45, 7) is 0. The minimum atomic E-state index is -0.430. The first-order valence-corrected chi connectivity index (χ1v) is 8.95. The maximum absolute atomic E-state index is 13.8. The number of nitriles is 1. The largest absolute Gasteiger partial charge is 0.358 e. The second-order valence-electron chi connectivity index (χ2n) is 6.22. The number of rotatable bonds is 4. The first-order valence-electron chi connectivity index (χ1n) is 8.57. The smallest absolute Gasteiger partial charge is 0.128 e. The summed E-state index contributed by atoms with van der Waals surface area (Å²) in [4.78, 5) is 9.00. The van der Waals surface area contributed by atoms with Crippen molar-refractivity contribution in [2.45, 2.75) is 6.04 Å². The van der Waals surface area contributed by atoms with Gasteiger partial charge in [-0.3, -0.25) is 4.98 Å². The summed E-state index contributed by atoms with van der Waals surface area (Å²) in [5.74, 6) is 0.158. The third-order valence-electron chi connectivity index (χ3n) is 4.35. The van der Waals surface area contributed by atoms with Crippen molar-refractivity contribution in [2.75, 3.05) is 5.32 Å². The lowest BCUT2D eigenvalue weighted by molar-refractivity contribution is 0.624. The Hall–Kier alpha value is -3.49. The Kier molecular flexibility index (Phi) is 4.88. The van der Waals surface area contributed by atoms with Crippen LogP contribution in [-0.2, 0) is 0 Å². The predicted octanol–water partition coefficient (Wildman–Crippen LogP) is 5.50. The van der Waals surface area contributed by atoms with Crippen LogP contribution >= 0.6 is 11.6 Å². The Bertz CT molecular complexity index is 1190. The molecular weight excluding hydrogens is 375 g/mol. The Balaban J connectivity index is 1.81. The molecule has 4 rings (SSSR count). The van der Waals surface area contributed by atoms with Crippen LogP contribution in [0.5, 0.6) is 0 Å². The van der Waals surface area contributed by atoms with E-state index in [1.165, 1.54) is 12.1 Å². The molecule has 1 N–H and O–H groups in total. The first kappa shape index (κ1) is 17.9. The molecule has 1 atom stereocenters. The second-order valence-corrected chi connectivity index (χ2v) is 6.65. The fourth-order valence-corrected chi connectivity index (χ4v) is 3.25. The summed E-state index contributed by atoms with van der Waals surface area (Å²) in [5, 5.41) is 14.1. The molecule has 0 radical (unpaired) electrons. The highest BCUT2D eigenvalue weighted by Gasteiger charge is 2.17. The van der Waals surface area contributed by atoms with Gasteiger partial charge in [-0.15, -0.1) is 0 Å². The molecule has 4 nitrogen and oxygen atoms in total. The van der Waals surface area contributed by atoms with Crippen molar-refractivity contribution >= 4 is 28.3 Å². The highest BCUT2D eigenvalue weighted by atomic mass is 35.5. The van der Waals surface area contributed by atoms with E-state index in [2.05, 4.69) is 21.4 Å². The monoisotopic (exact) mass is 388 g/mol. The van der Waals surface area contributed by atoms with Crippen molar-refractivity contribution in [1.29, 1.82) is 5.26 Å². The van der Waals surface area contributed by atoms with E-state index in [1.54, 1.807) is 36.5 Å². The highest BCUT2D eigenvalue weighted by molar-refractivity contribution is 6.31. The summed E-state index contributed by atoms with van der Waals surface area (Å²) < 4.78 is 13.8. The van der Waals surface area contributed by atoms with Gasteiger partial charge in [0.25, 0.3) is 0 Å². The molecule has 28 heavy (non-hydrogen) atoms. The SMILES string of the molecule is N#Cc1cc(NC(c2cccc(F)c2)c2ccccn2)nc2ccc(Cl)cc12. The molecule has 0 aliphatic heterocycles. The number of fused-ring (bicyclic) bond motifs is 1. The number of halogens is 2. The maximum Gasteiger partial charge on any atom is 0.128 e. The lowest BCUT2D eigenvalue weighted by atomic mass is 10.0. The fraction of sp³-hybridized carbons (Fsp3) is 0.0455. The van der Waals surface area contributed by atoms with Gasteiger partial charge in [-0.25, -0.2) is 9.37 Å². The highest BCUT2D eigenvalue weighted by Crippen LogP contribution is 2.28. The van der Waals surface area contributed by atoms with Crippen molar-refractivity contribution in [3.8, 4) is 6.07 Å². The van der Waals surface area contributed by atoms with Crippen molar-refractivity contribution < 1.29 is 4.39 Å². The zero-order chi connectivity index (χ0) is 19.5. The Labute approximate surface area is 166 Å². The van der Waals surface area contributed by atoms with Gasteiger partial charge < -0.3 is 5.32 Å². The van der Waals surface area contributed by atoms with Gasteiger partial charge in [-0.1, -0.05) is 29.8 Å². The van der Waals surface area contributed by atoms with E-state index in [0.717, 1.165) is 0 Å². The van der Waals surface area contributed by atoms with Gasteiger partial charge in [0.2, 0.25) is 0 Å².